The van der Waals surface area contributed by atoms with Crippen LogP contribution in [0.25, 0.3) is 0 Å². The lowest BCUT2D eigenvalue weighted by Crippen LogP contribution is -2.50. The van der Waals surface area contributed by atoms with Gasteiger partial charge in [-0.25, -0.2) is 4.79 Å². The van der Waals surface area contributed by atoms with Crippen LogP contribution in [0.3, 0.4) is 0 Å². The Balaban J connectivity index is 2.50. The summed E-state index contributed by atoms with van der Waals surface area (Å²) < 4.78 is 10.6. The third kappa shape index (κ3) is 3.98. The second kappa shape index (κ2) is 5.01. The molecule has 0 saturated carbocycles. The molecule has 1 unspecified atom stereocenters. The molecule has 5 heteroatoms. The lowest BCUT2D eigenvalue weighted by Gasteiger charge is -2.35. The maximum Gasteiger partial charge on any atom is 0.410 e. The molecule has 16 heavy (non-hydrogen) atoms. The lowest BCUT2D eigenvalue weighted by molar-refractivity contribution is -0.0841. The molecule has 1 saturated heterocycles. The number of ether oxygens (including phenoxy) is 2. The molecule has 0 aliphatic carbocycles. The highest BCUT2D eigenvalue weighted by Crippen LogP contribution is 2.14. The first-order valence-corrected chi connectivity index (χ1v) is 5.57. The number of hydrogen-bond acceptors (Lipinski definition) is 4. The van der Waals surface area contributed by atoms with E-state index in [0.717, 1.165) is 0 Å². The summed E-state index contributed by atoms with van der Waals surface area (Å²) in [5, 5.41) is 9.41. The average Bonchev–Trinajstić information content (AvgIpc) is 2.15. The second-order valence-electron chi connectivity index (χ2n) is 5.08. The highest BCUT2D eigenvalue weighted by atomic mass is 16.6. The molecule has 0 aromatic heterocycles. The highest BCUT2D eigenvalue weighted by Gasteiger charge is 2.29. The van der Waals surface area contributed by atoms with E-state index < -0.39 is 11.7 Å². The predicted octanol–water partition coefficient (Wildman–Crippen LogP) is 1.00. The molecule has 1 amide bonds. The molecule has 0 aromatic rings. The van der Waals surface area contributed by atoms with Gasteiger partial charge in [0.15, 0.2) is 0 Å². The lowest BCUT2D eigenvalue weighted by atomic mass is 10.2. The van der Waals surface area contributed by atoms with Gasteiger partial charge in [-0.3, -0.25) is 0 Å². The summed E-state index contributed by atoms with van der Waals surface area (Å²) in [6, 6.07) is 0. The van der Waals surface area contributed by atoms with Crippen LogP contribution in [0.2, 0.25) is 0 Å². The minimum atomic E-state index is -0.578. The Bertz CT molecular complexity index is 247. The zero-order chi connectivity index (χ0) is 12.3. The van der Waals surface area contributed by atoms with Crippen molar-refractivity contribution in [3.63, 3.8) is 0 Å². The van der Waals surface area contributed by atoms with Crippen molar-refractivity contribution in [3.05, 3.63) is 0 Å². The number of aliphatic hydroxyl groups excluding tert-OH is 1. The van der Waals surface area contributed by atoms with Gasteiger partial charge in [-0.1, -0.05) is 0 Å². The van der Waals surface area contributed by atoms with Gasteiger partial charge in [0.1, 0.15) is 11.7 Å². The maximum atomic E-state index is 11.7. The first kappa shape index (κ1) is 13.3. The maximum absolute atomic E-state index is 11.7. The molecule has 0 spiro atoms. The largest absolute Gasteiger partial charge is 0.444 e. The molecule has 1 N–H and O–H groups in total. The molecule has 1 aliphatic heterocycles. The molecule has 94 valence electrons. The van der Waals surface area contributed by atoms with Crippen molar-refractivity contribution in [2.45, 2.75) is 45.5 Å². The van der Waals surface area contributed by atoms with E-state index in [2.05, 4.69) is 0 Å². The third-order valence-corrected chi connectivity index (χ3v) is 2.28. The fourth-order valence-corrected chi connectivity index (χ4v) is 1.46. The molecular formula is C11H21NO4. The van der Waals surface area contributed by atoms with Gasteiger partial charge in [-0.2, -0.15) is 0 Å². The SMILES string of the molecule is CC(O)[C@@H]1CN(C(=O)OC(C)(C)C)CCO1. The summed E-state index contributed by atoms with van der Waals surface area (Å²) in [5.74, 6) is 0. The predicted molar refractivity (Wildman–Crippen MR) is 59.2 cm³/mol. The van der Waals surface area contributed by atoms with Crippen molar-refractivity contribution in [1.29, 1.82) is 0 Å². The number of aliphatic hydroxyl groups is 1. The first-order valence-electron chi connectivity index (χ1n) is 5.57. The molecule has 5 nitrogen and oxygen atoms in total. The minimum absolute atomic E-state index is 0.318. The molecule has 2 atom stereocenters. The Hall–Kier alpha value is -0.810. The quantitative estimate of drug-likeness (QED) is 0.731. The third-order valence-electron chi connectivity index (χ3n) is 2.28. The molecule has 0 radical (unpaired) electrons. The van der Waals surface area contributed by atoms with Crippen LogP contribution in [0.1, 0.15) is 27.7 Å². The normalized spacial score (nSPS) is 24.1. The summed E-state index contributed by atoms with van der Waals surface area (Å²) in [6.45, 7) is 8.48. The van der Waals surface area contributed by atoms with Gasteiger partial charge < -0.3 is 19.5 Å². The van der Waals surface area contributed by atoms with Gasteiger partial charge in [-0.15, -0.1) is 0 Å². The second-order valence-corrected chi connectivity index (χ2v) is 5.08. The number of carbonyl (C=O) groups excluding carboxylic acids is 1. The summed E-state index contributed by atoms with van der Waals surface area (Å²) in [4.78, 5) is 13.3. The first-order chi connectivity index (χ1) is 7.29. The van der Waals surface area contributed by atoms with E-state index in [4.69, 9.17) is 9.47 Å². The molecule has 1 heterocycles. The number of rotatable bonds is 1. The Morgan fingerprint density at radius 1 is 1.56 bits per heavy atom. The molecular weight excluding hydrogens is 210 g/mol. The van der Waals surface area contributed by atoms with E-state index in [1.807, 2.05) is 20.8 Å². The van der Waals surface area contributed by atoms with Crippen LogP contribution in [0.4, 0.5) is 4.79 Å². The van der Waals surface area contributed by atoms with Crippen molar-refractivity contribution in [1.82, 2.24) is 4.90 Å². The summed E-state index contributed by atoms with van der Waals surface area (Å²) in [6.07, 6.45) is -1.24. The highest BCUT2D eigenvalue weighted by molar-refractivity contribution is 5.68. The number of morpholine rings is 1. The zero-order valence-corrected chi connectivity index (χ0v) is 10.4. The van der Waals surface area contributed by atoms with Gasteiger partial charge >= 0.3 is 6.09 Å². The van der Waals surface area contributed by atoms with E-state index in [1.54, 1.807) is 11.8 Å². The average molecular weight is 231 g/mol. The number of carbonyl (C=O) groups is 1. The summed E-state index contributed by atoms with van der Waals surface area (Å²) in [5.41, 5.74) is -0.490. The Labute approximate surface area is 96.3 Å². The van der Waals surface area contributed by atoms with Crippen molar-refractivity contribution in [2.24, 2.45) is 0 Å². The Kier molecular flexibility index (Phi) is 4.15. The van der Waals surface area contributed by atoms with Crippen molar-refractivity contribution < 1.29 is 19.4 Å². The van der Waals surface area contributed by atoms with E-state index in [-0.39, 0.29) is 12.2 Å². The molecule has 1 rings (SSSR count). The number of nitrogens with zero attached hydrogens (tertiary/aromatic N) is 1. The van der Waals surface area contributed by atoms with Gasteiger partial charge in [-0.05, 0) is 27.7 Å². The van der Waals surface area contributed by atoms with Crippen molar-refractivity contribution in [3.8, 4) is 0 Å². The molecule has 0 aromatic carbocycles. The van der Waals surface area contributed by atoms with E-state index in [0.29, 0.717) is 19.7 Å². The van der Waals surface area contributed by atoms with E-state index in [9.17, 15) is 9.90 Å². The van der Waals surface area contributed by atoms with Gasteiger partial charge in [0, 0.05) is 6.54 Å². The summed E-state index contributed by atoms with van der Waals surface area (Å²) in [7, 11) is 0. The van der Waals surface area contributed by atoms with E-state index >= 15 is 0 Å². The fraction of sp³-hybridized carbons (Fsp3) is 0.909. The Morgan fingerprint density at radius 2 is 2.19 bits per heavy atom. The van der Waals surface area contributed by atoms with Crippen LogP contribution in [0.5, 0.6) is 0 Å². The summed E-state index contributed by atoms with van der Waals surface area (Å²) >= 11 is 0. The van der Waals surface area contributed by atoms with Gasteiger partial charge in [0.25, 0.3) is 0 Å². The van der Waals surface area contributed by atoms with Crippen LogP contribution in [-0.2, 0) is 9.47 Å². The van der Waals surface area contributed by atoms with Crippen LogP contribution in [-0.4, -0.2) is 53.6 Å². The zero-order valence-electron chi connectivity index (χ0n) is 10.4. The van der Waals surface area contributed by atoms with Crippen molar-refractivity contribution in [2.75, 3.05) is 19.7 Å². The minimum Gasteiger partial charge on any atom is -0.444 e. The monoisotopic (exact) mass is 231 g/mol. The van der Waals surface area contributed by atoms with Gasteiger partial charge in [0.2, 0.25) is 0 Å². The smallest absolute Gasteiger partial charge is 0.410 e. The number of hydrogen-bond donors (Lipinski definition) is 1. The number of amides is 1. The van der Waals surface area contributed by atoms with Crippen LogP contribution in [0, 0.1) is 0 Å². The Morgan fingerprint density at radius 3 is 2.69 bits per heavy atom. The standard InChI is InChI=1S/C11H21NO4/c1-8(13)9-7-12(5-6-15-9)10(14)16-11(2,3)4/h8-9,13H,5-7H2,1-4H3/t8?,9-/m0/s1. The van der Waals surface area contributed by atoms with Crippen LogP contribution in [0.15, 0.2) is 0 Å². The molecule has 1 fully saturated rings. The molecule has 0 bridgehead atoms. The van der Waals surface area contributed by atoms with Crippen LogP contribution < -0.4 is 0 Å². The topological polar surface area (TPSA) is 59.0 Å². The molecule has 1 aliphatic rings. The fourth-order valence-electron chi connectivity index (χ4n) is 1.46. The van der Waals surface area contributed by atoms with E-state index in [1.165, 1.54) is 0 Å². The van der Waals surface area contributed by atoms with Gasteiger partial charge in [0.05, 0.1) is 19.3 Å². The van der Waals surface area contributed by atoms with Crippen LogP contribution >= 0.6 is 0 Å². The van der Waals surface area contributed by atoms with Crippen molar-refractivity contribution >= 4 is 6.09 Å².